The molecule has 0 radical (unpaired) electrons. The lowest BCUT2D eigenvalue weighted by Crippen LogP contribution is -2.57. The van der Waals surface area contributed by atoms with E-state index in [1.54, 1.807) is 7.11 Å². The van der Waals surface area contributed by atoms with Crippen LogP contribution in [-0.2, 0) is 14.3 Å². The molecule has 116 valence electrons. The number of hydrogen-bond donors (Lipinski definition) is 3. The number of amides is 1. The quantitative estimate of drug-likeness (QED) is 0.573. The Morgan fingerprint density at radius 3 is 2.50 bits per heavy atom. The number of carboxylic acid groups (broad SMARTS) is 1. The number of carbonyl (C=O) groups is 2. The lowest BCUT2D eigenvalue weighted by atomic mass is 9.75. The number of hydrogen-bond acceptors (Lipinski definition) is 4. The lowest BCUT2D eigenvalue weighted by Gasteiger charge is -2.37. The second kappa shape index (κ2) is 8.21. The van der Waals surface area contributed by atoms with E-state index in [1.807, 2.05) is 0 Å². The molecule has 0 aromatic rings. The highest BCUT2D eigenvalue weighted by Crippen LogP contribution is 2.33. The van der Waals surface area contributed by atoms with Crippen LogP contribution in [0.15, 0.2) is 0 Å². The predicted molar refractivity (Wildman–Crippen MR) is 75.5 cm³/mol. The average Bonchev–Trinajstić information content (AvgIpc) is 2.44. The van der Waals surface area contributed by atoms with Gasteiger partial charge in [0.05, 0.1) is 13.2 Å². The molecule has 6 heteroatoms. The van der Waals surface area contributed by atoms with Gasteiger partial charge in [0.15, 0.2) is 0 Å². The summed E-state index contributed by atoms with van der Waals surface area (Å²) in [7, 11) is 1.59. The molecule has 0 unspecified atom stereocenters. The summed E-state index contributed by atoms with van der Waals surface area (Å²) in [6.07, 6.45) is 3.83. The third-order valence-electron chi connectivity index (χ3n) is 4.09. The topological polar surface area (TPSA) is 87.7 Å². The molecular formula is C14H26N2O4. The Balaban J connectivity index is 2.47. The van der Waals surface area contributed by atoms with Crippen molar-refractivity contribution in [2.45, 2.75) is 44.6 Å². The van der Waals surface area contributed by atoms with Crippen molar-refractivity contribution in [2.24, 2.45) is 5.92 Å². The smallest absolute Gasteiger partial charge is 0.329 e. The molecule has 0 heterocycles. The van der Waals surface area contributed by atoms with Gasteiger partial charge in [0.25, 0.3) is 0 Å². The lowest BCUT2D eigenvalue weighted by molar-refractivity contribution is -0.149. The summed E-state index contributed by atoms with van der Waals surface area (Å²) in [6.45, 7) is 3.34. The maximum atomic E-state index is 11.9. The molecule has 0 saturated heterocycles. The fourth-order valence-corrected chi connectivity index (χ4v) is 2.66. The SMILES string of the molecule is CCC1CCC(NC(=O)CNCCOC)(C(=O)O)CC1. The number of ether oxygens (including phenoxy) is 1. The molecule has 0 aromatic carbocycles. The molecule has 6 nitrogen and oxygen atoms in total. The molecule has 1 fully saturated rings. The third-order valence-corrected chi connectivity index (χ3v) is 4.09. The van der Waals surface area contributed by atoms with Crippen LogP contribution in [0, 0.1) is 5.92 Å². The van der Waals surface area contributed by atoms with Crippen LogP contribution in [0.2, 0.25) is 0 Å². The fraction of sp³-hybridized carbons (Fsp3) is 0.857. The van der Waals surface area contributed by atoms with E-state index in [0.717, 1.165) is 19.3 Å². The first-order chi connectivity index (χ1) is 9.54. The Kier molecular flexibility index (Phi) is 6.95. The van der Waals surface area contributed by atoms with Gasteiger partial charge in [-0.1, -0.05) is 13.3 Å². The van der Waals surface area contributed by atoms with Gasteiger partial charge < -0.3 is 20.5 Å². The second-order valence-corrected chi connectivity index (χ2v) is 5.46. The number of carbonyl (C=O) groups excluding carboxylic acids is 1. The molecule has 20 heavy (non-hydrogen) atoms. The van der Waals surface area contributed by atoms with Crippen molar-refractivity contribution in [1.29, 1.82) is 0 Å². The Hall–Kier alpha value is -1.14. The Labute approximate surface area is 120 Å². The number of carboxylic acids is 1. The van der Waals surface area contributed by atoms with Crippen LogP contribution in [0.4, 0.5) is 0 Å². The van der Waals surface area contributed by atoms with Crippen LogP contribution in [0.25, 0.3) is 0 Å². The molecule has 1 aliphatic rings. The summed E-state index contributed by atoms with van der Waals surface area (Å²) in [6, 6.07) is 0. The van der Waals surface area contributed by atoms with Gasteiger partial charge in [0, 0.05) is 13.7 Å². The minimum Gasteiger partial charge on any atom is -0.480 e. The molecule has 0 spiro atoms. The number of nitrogens with one attached hydrogen (secondary N) is 2. The van der Waals surface area contributed by atoms with E-state index in [2.05, 4.69) is 17.6 Å². The van der Waals surface area contributed by atoms with Crippen molar-refractivity contribution >= 4 is 11.9 Å². The average molecular weight is 286 g/mol. The summed E-state index contributed by atoms with van der Waals surface area (Å²) < 4.78 is 4.87. The second-order valence-electron chi connectivity index (χ2n) is 5.46. The highest BCUT2D eigenvalue weighted by molar-refractivity contribution is 5.88. The highest BCUT2D eigenvalue weighted by Gasteiger charge is 2.42. The van der Waals surface area contributed by atoms with Crippen molar-refractivity contribution in [3.63, 3.8) is 0 Å². The van der Waals surface area contributed by atoms with E-state index in [9.17, 15) is 14.7 Å². The van der Waals surface area contributed by atoms with Crippen molar-refractivity contribution in [3.8, 4) is 0 Å². The van der Waals surface area contributed by atoms with Gasteiger partial charge in [-0.25, -0.2) is 4.79 Å². The molecule has 0 atom stereocenters. The highest BCUT2D eigenvalue weighted by atomic mass is 16.5. The van der Waals surface area contributed by atoms with E-state index < -0.39 is 11.5 Å². The molecule has 1 amide bonds. The summed E-state index contributed by atoms with van der Waals surface area (Å²) in [5, 5.41) is 15.1. The zero-order valence-corrected chi connectivity index (χ0v) is 12.4. The molecule has 1 aliphatic carbocycles. The van der Waals surface area contributed by atoms with Gasteiger partial charge in [0.2, 0.25) is 5.91 Å². The first-order valence-corrected chi connectivity index (χ1v) is 7.28. The molecule has 0 bridgehead atoms. The molecule has 1 saturated carbocycles. The first kappa shape index (κ1) is 16.9. The normalized spacial score (nSPS) is 26.2. The Morgan fingerprint density at radius 1 is 1.35 bits per heavy atom. The minimum absolute atomic E-state index is 0.121. The zero-order chi connectivity index (χ0) is 15.0. The molecule has 0 aromatic heterocycles. The largest absolute Gasteiger partial charge is 0.480 e. The van der Waals surface area contributed by atoms with Crippen LogP contribution in [0.3, 0.4) is 0 Å². The maximum Gasteiger partial charge on any atom is 0.329 e. The number of rotatable bonds is 8. The predicted octanol–water partition coefficient (Wildman–Crippen LogP) is 0.762. The summed E-state index contributed by atoms with van der Waals surface area (Å²) in [5.74, 6) is -0.602. The van der Waals surface area contributed by atoms with Crippen LogP contribution in [-0.4, -0.2) is 49.3 Å². The molecular weight excluding hydrogens is 260 g/mol. The van der Waals surface area contributed by atoms with Crippen LogP contribution < -0.4 is 10.6 Å². The number of aliphatic carboxylic acids is 1. The van der Waals surface area contributed by atoms with Gasteiger partial charge >= 0.3 is 5.97 Å². The summed E-state index contributed by atoms with van der Waals surface area (Å²) in [5.41, 5.74) is -1.08. The minimum atomic E-state index is -1.08. The monoisotopic (exact) mass is 286 g/mol. The van der Waals surface area contributed by atoms with E-state index in [0.29, 0.717) is 31.9 Å². The van der Waals surface area contributed by atoms with Crippen LogP contribution in [0.5, 0.6) is 0 Å². The van der Waals surface area contributed by atoms with E-state index in [4.69, 9.17) is 4.74 Å². The van der Waals surface area contributed by atoms with E-state index in [1.165, 1.54) is 0 Å². The Morgan fingerprint density at radius 2 is 2.00 bits per heavy atom. The Bertz CT molecular complexity index is 325. The summed E-state index contributed by atoms with van der Waals surface area (Å²) >= 11 is 0. The van der Waals surface area contributed by atoms with Gasteiger partial charge in [-0.05, 0) is 31.6 Å². The third kappa shape index (κ3) is 4.76. The maximum absolute atomic E-state index is 11.9. The van der Waals surface area contributed by atoms with Crippen LogP contribution in [0.1, 0.15) is 39.0 Å². The number of methoxy groups -OCH3 is 1. The van der Waals surface area contributed by atoms with Gasteiger partial charge in [-0.2, -0.15) is 0 Å². The zero-order valence-electron chi connectivity index (χ0n) is 12.4. The van der Waals surface area contributed by atoms with Crippen molar-refractivity contribution < 1.29 is 19.4 Å². The molecule has 3 N–H and O–H groups in total. The van der Waals surface area contributed by atoms with E-state index >= 15 is 0 Å². The van der Waals surface area contributed by atoms with Gasteiger partial charge in [-0.15, -0.1) is 0 Å². The molecule has 1 rings (SSSR count). The summed E-state index contributed by atoms with van der Waals surface area (Å²) in [4.78, 5) is 23.4. The van der Waals surface area contributed by atoms with Gasteiger partial charge in [-0.3, -0.25) is 4.79 Å². The standard InChI is InChI=1S/C14H26N2O4/c1-3-11-4-6-14(7-5-11,13(18)19)16-12(17)10-15-8-9-20-2/h11,15H,3-10H2,1-2H3,(H,16,17)(H,18,19). The van der Waals surface area contributed by atoms with Crippen molar-refractivity contribution in [2.75, 3.05) is 26.8 Å². The van der Waals surface area contributed by atoms with Gasteiger partial charge in [0.1, 0.15) is 5.54 Å². The van der Waals surface area contributed by atoms with E-state index in [-0.39, 0.29) is 12.5 Å². The molecule has 0 aliphatic heterocycles. The van der Waals surface area contributed by atoms with Crippen molar-refractivity contribution in [1.82, 2.24) is 10.6 Å². The van der Waals surface area contributed by atoms with Crippen molar-refractivity contribution in [3.05, 3.63) is 0 Å². The fourth-order valence-electron chi connectivity index (χ4n) is 2.66. The first-order valence-electron chi connectivity index (χ1n) is 7.28. The van der Waals surface area contributed by atoms with Crippen LogP contribution >= 0.6 is 0 Å².